The van der Waals surface area contributed by atoms with Crippen LogP contribution < -0.4 is 4.57 Å². The molecule has 0 radical (unpaired) electrons. The molecule has 0 amide bonds. The first-order chi connectivity index (χ1) is 16.4. The Morgan fingerprint density at radius 1 is 0.886 bits per heavy atom. The number of halogens is 5. The highest BCUT2D eigenvalue weighted by Crippen LogP contribution is 2.25. The summed E-state index contributed by atoms with van der Waals surface area (Å²) in [7, 11) is -6.09. The Morgan fingerprint density at radius 2 is 1.49 bits per heavy atom. The number of alkyl halides is 3. The maximum Gasteiger partial charge on any atom is 0.485 e. The number of hydrogen-bond donors (Lipinski definition) is 0. The maximum atomic E-state index is 10.7. The van der Waals surface area contributed by atoms with Gasteiger partial charge in [-0.3, -0.25) is 0 Å². The Balaban J connectivity index is 0.000000314. The van der Waals surface area contributed by atoms with E-state index in [4.69, 9.17) is 13.0 Å². The van der Waals surface area contributed by atoms with Crippen LogP contribution in [0.15, 0.2) is 76.2 Å². The van der Waals surface area contributed by atoms with Crippen LogP contribution in [-0.4, -0.2) is 22.9 Å². The molecule has 8 rings (SSSR count). The molecular weight excluding hydrogens is 613 g/mol. The van der Waals surface area contributed by atoms with Gasteiger partial charge in [0.05, 0.1) is 0 Å². The standard InChI is InChI=1S/C23H19Br2N2.CHF3O3S/c24-21-12-16-4-5-17-7-9-19(11-10-18(21)8-6-16)22(13-17)26-14-20-2-1-3-23(25)27(20)15-26;2-1(3,4)8(5,6)7/h1-3,6-9,12-15H,4-5,10-11H2;(H,5,6,7)/q+1;/p-1. The molecule has 5 nitrogen and oxygen atoms in total. The van der Waals surface area contributed by atoms with E-state index in [-0.39, 0.29) is 0 Å². The van der Waals surface area contributed by atoms with Crippen molar-refractivity contribution in [1.82, 2.24) is 4.40 Å². The lowest BCUT2D eigenvalue weighted by Gasteiger charge is -2.13. The number of aromatic nitrogens is 2. The molecule has 0 spiro atoms. The van der Waals surface area contributed by atoms with Crippen LogP contribution in [0.3, 0.4) is 0 Å². The molecule has 0 N–H and O–H groups in total. The molecule has 2 aromatic carbocycles. The Bertz CT molecular complexity index is 1500. The largest absolute Gasteiger partial charge is 0.741 e. The Kier molecular flexibility index (Phi) is 7.42. The van der Waals surface area contributed by atoms with Gasteiger partial charge in [0.1, 0.15) is 11.9 Å². The molecule has 0 fully saturated rings. The van der Waals surface area contributed by atoms with Crippen LogP contribution in [0.4, 0.5) is 13.2 Å². The summed E-state index contributed by atoms with van der Waals surface area (Å²) in [6.45, 7) is 0. The highest BCUT2D eigenvalue weighted by atomic mass is 79.9. The molecule has 4 bridgehead atoms. The highest BCUT2D eigenvalue weighted by molar-refractivity contribution is 9.10. The lowest BCUT2D eigenvalue weighted by atomic mass is 9.95. The van der Waals surface area contributed by atoms with Crippen molar-refractivity contribution in [3.05, 3.63) is 98.5 Å². The van der Waals surface area contributed by atoms with Crippen LogP contribution in [0, 0.1) is 0 Å². The van der Waals surface area contributed by atoms with Gasteiger partial charge in [0.2, 0.25) is 0 Å². The van der Waals surface area contributed by atoms with Gasteiger partial charge in [-0.15, -0.1) is 0 Å². The molecular formula is C24H19Br2F3N2O3S. The van der Waals surface area contributed by atoms with Crippen LogP contribution in [0.5, 0.6) is 0 Å². The SMILES string of the molecule is Brc1cc2ccc1CCc1ccc(cc1-[n+]1cc3cccc(Br)n3c1)CC2.O=S(=O)([O-])C(F)(F)F. The van der Waals surface area contributed by atoms with Crippen molar-refractivity contribution in [3.63, 3.8) is 0 Å². The van der Waals surface area contributed by atoms with E-state index in [0.29, 0.717) is 0 Å². The Hall–Kier alpha value is -2.21. The zero-order chi connectivity index (χ0) is 25.4. The lowest BCUT2D eigenvalue weighted by Crippen LogP contribution is -2.29. The number of nitrogens with zero attached hydrogens (tertiary/aromatic N) is 2. The molecule has 0 saturated heterocycles. The van der Waals surface area contributed by atoms with Gasteiger partial charge in [-0.2, -0.15) is 17.6 Å². The molecule has 2 heterocycles. The molecule has 0 saturated carbocycles. The summed E-state index contributed by atoms with van der Waals surface area (Å²) in [4.78, 5) is 0. The molecule has 0 aliphatic heterocycles. The molecule has 4 aromatic rings. The van der Waals surface area contributed by atoms with Gasteiger partial charge < -0.3 is 4.55 Å². The number of aryl methyl sites for hydroxylation is 4. The van der Waals surface area contributed by atoms with Gasteiger partial charge >= 0.3 is 5.51 Å². The second-order valence-corrected chi connectivity index (χ2v) is 11.1. The van der Waals surface area contributed by atoms with Crippen molar-refractivity contribution in [2.24, 2.45) is 0 Å². The van der Waals surface area contributed by atoms with Gasteiger partial charge in [-0.1, -0.05) is 46.3 Å². The Labute approximate surface area is 217 Å². The fourth-order valence-corrected chi connectivity index (χ4v) is 4.97. The minimum absolute atomic E-state index is 1.02. The fourth-order valence-electron chi connectivity index (χ4n) is 3.89. The van der Waals surface area contributed by atoms with E-state index in [2.05, 4.69) is 108 Å². The van der Waals surface area contributed by atoms with Crippen LogP contribution in [0.1, 0.15) is 22.3 Å². The average molecular weight is 632 g/mol. The van der Waals surface area contributed by atoms with E-state index in [1.54, 1.807) is 0 Å². The monoisotopic (exact) mass is 630 g/mol. The van der Waals surface area contributed by atoms with Gasteiger partial charge in [0.25, 0.3) is 6.33 Å². The zero-order valence-electron chi connectivity index (χ0n) is 18.1. The smallest absolute Gasteiger partial charge is 0.485 e. The first kappa shape index (κ1) is 25.9. The third kappa shape index (κ3) is 5.96. The van der Waals surface area contributed by atoms with Crippen molar-refractivity contribution >= 4 is 47.5 Å². The number of rotatable bonds is 1. The number of hydrogen-bond acceptors (Lipinski definition) is 3. The van der Waals surface area contributed by atoms with E-state index in [0.717, 1.165) is 30.3 Å². The molecule has 11 heteroatoms. The van der Waals surface area contributed by atoms with Crippen LogP contribution in [0.25, 0.3) is 11.2 Å². The predicted octanol–water partition coefficient (Wildman–Crippen LogP) is 5.68. The molecule has 184 valence electrons. The third-order valence-corrected chi connectivity index (χ3v) is 7.67. The second-order valence-electron chi connectivity index (χ2n) is 8.08. The van der Waals surface area contributed by atoms with E-state index in [1.807, 2.05) is 0 Å². The lowest BCUT2D eigenvalue weighted by molar-refractivity contribution is -0.594. The number of pyridine rings is 1. The Morgan fingerprint density at radius 3 is 2.09 bits per heavy atom. The highest BCUT2D eigenvalue weighted by Gasteiger charge is 2.36. The topological polar surface area (TPSA) is 65.5 Å². The van der Waals surface area contributed by atoms with E-state index in [9.17, 15) is 13.2 Å². The molecule has 4 aliphatic carbocycles. The van der Waals surface area contributed by atoms with Crippen LogP contribution in [0.2, 0.25) is 0 Å². The summed E-state index contributed by atoms with van der Waals surface area (Å²) in [5.41, 5.74) is 2.36. The number of benzene rings is 2. The molecule has 4 aliphatic rings. The van der Waals surface area contributed by atoms with E-state index >= 15 is 0 Å². The zero-order valence-corrected chi connectivity index (χ0v) is 22.1. The van der Waals surface area contributed by atoms with Crippen molar-refractivity contribution in [2.75, 3.05) is 0 Å². The summed E-state index contributed by atoms with van der Waals surface area (Å²) in [5, 5.41) is 0. The summed E-state index contributed by atoms with van der Waals surface area (Å²) in [5.74, 6) is 0. The maximum absolute atomic E-state index is 10.7. The molecule has 35 heavy (non-hydrogen) atoms. The van der Waals surface area contributed by atoms with Crippen molar-refractivity contribution < 1.29 is 30.7 Å². The number of imidazole rings is 1. The van der Waals surface area contributed by atoms with Gasteiger partial charge in [0.15, 0.2) is 20.2 Å². The minimum Gasteiger partial charge on any atom is -0.741 e. The molecule has 2 aromatic heterocycles. The average Bonchev–Trinajstić information content (AvgIpc) is 3.21. The minimum atomic E-state index is -6.09. The van der Waals surface area contributed by atoms with Crippen LogP contribution in [-0.2, 0) is 35.8 Å². The van der Waals surface area contributed by atoms with Gasteiger partial charge in [0, 0.05) is 4.47 Å². The summed E-state index contributed by atoms with van der Waals surface area (Å²) < 4.78 is 65.6. The van der Waals surface area contributed by atoms with Gasteiger partial charge in [-0.25, -0.2) is 13.0 Å². The summed E-state index contributed by atoms with van der Waals surface area (Å²) >= 11 is 7.42. The summed E-state index contributed by atoms with van der Waals surface area (Å²) in [6, 6.07) is 20.1. The van der Waals surface area contributed by atoms with Crippen molar-refractivity contribution in [1.29, 1.82) is 0 Å². The number of fused-ring (bicyclic) bond motifs is 1. The quantitative estimate of drug-likeness (QED) is 0.118. The second kappa shape index (κ2) is 10.0. The molecule has 0 atom stereocenters. The first-order valence-corrected chi connectivity index (χ1v) is 13.5. The van der Waals surface area contributed by atoms with E-state index < -0.39 is 15.6 Å². The third-order valence-electron chi connectivity index (χ3n) is 5.72. The van der Waals surface area contributed by atoms with Gasteiger partial charge in [-0.05, 0) is 88.1 Å². The fraction of sp³-hybridized carbons (Fsp3) is 0.208. The van der Waals surface area contributed by atoms with Crippen molar-refractivity contribution in [3.8, 4) is 5.69 Å². The normalized spacial score (nSPS) is 13.8. The van der Waals surface area contributed by atoms with Crippen LogP contribution >= 0.6 is 31.9 Å². The van der Waals surface area contributed by atoms with Crippen molar-refractivity contribution in [2.45, 2.75) is 31.2 Å². The predicted molar refractivity (Wildman–Crippen MR) is 131 cm³/mol. The molecule has 0 unspecified atom stereocenters. The first-order valence-electron chi connectivity index (χ1n) is 10.5. The summed E-state index contributed by atoms with van der Waals surface area (Å²) in [6.07, 6.45) is 8.54. The van der Waals surface area contributed by atoms with E-state index in [1.165, 1.54) is 37.9 Å².